The Morgan fingerprint density at radius 3 is 2.33 bits per heavy atom. The van der Waals surface area contributed by atoms with Gasteiger partial charge in [-0.2, -0.15) is 0 Å². The Morgan fingerprint density at radius 1 is 1.13 bits per heavy atom. The fourth-order valence-electron chi connectivity index (χ4n) is 3.56. The summed E-state index contributed by atoms with van der Waals surface area (Å²) in [5, 5.41) is 11.4. The number of ether oxygens (including phenoxy) is 2. The Kier molecular flexibility index (Phi) is 6.71. The zero-order valence-electron chi connectivity index (χ0n) is 16.7. The number of halogens is 2. The zero-order chi connectivity index (χ0) is 22.0. The quantitative estimate of drug-likeness (QED) is 0.402. The minimum atomic E-state index is -0.778. The van der Waals surface area contributed by atoms with E-state index in [-0.39, 0.29) is 45.8 Å². The SMILES string of the molecule is COCCN1C(=O)C(=O)/C(=C(/O)c2cc(Cl)c(OC)c(Cl)c2)C1c1ccccc1C. The number of likely N-dealkylation sites (tertiary alicyclic amines) is 1. The number of carbonyl (C=O) groups is 2. The number of hydrogen-bond donors (Lipinski definition) is 1. The third-order valence-corrected chi connectivity index (χ3v) is 5.60. The molecule has 1 N–H and O–H groups in total. The molecule has 2 aromatic rings. The molecule has 1 aliphatic rings. The molecule has 6 nitrogen and oxygen atoms in total. The van der Waals surface area contributed by atoms with Crippen LogP contribution in [-0.4, -0.2) is 49.1 Å². The predicted octanol–water partition coefficient (Wildman–Crippen LogP) is 4.38. The first-order valence-electron chi connectivity index (χ1n) is 9.18. The van der Waals surface area contributed by atoms with Crippen molar-refractivity contribution in [2.75, 3.05) is 27.4 Å². The summed E-state index contributed by atoms with van der Waals surface area (Å²) in [5.74, 6) is -1.58. The molecule has 0 radical (unpaired) electrons. The van der Waals surface area contributed by atoms with E-state index in [0.717, 1.165) is 11.1 Å². The van der Waals surface area contributed by atoms with Crippen molar-refractivity contribution in [2.24, 2.45) is 0 Å². The van der Waals surface area contributed by atoms with Crippen LogP contribution in [0.3, 0.4) is 0 Å². The van der Waals surface area contributed by atoms with Crippen LogP contribution in [-0.2, 0) is 14.3 Å². The highest BCUT2D eigenvalue weighted by atomic mass is 35.5. The monoisotopic (exact) mass is 449 g/mol. The molecule has 1 atom stereocenters. The fraction of sp³-hybridized carbons (Fsp3) is 0.273. The number of nitrogens with zero attached hydrogens (tertiary/aromatic N) is 1. The van der Waals surface area contributed by atoms with Crippen LogP contribution in [0.5, 0.6) is 5.75 Å². The summed E-state index contributed by atoms with van der Waals surface area (Å²) in [6, 6.07) is 9.52. The number of rotatable bonds is 6. The number of aliphatic hydroxyl groups excluding tert-OH is 1. The lowest BCUT2D eigenvalue weighted by molar-refractivity contribution is -0.140. The molecular weight excluding hydrogens is 429 g/mol. The average Bonchev–Trinajstić information content (AvgIpc) is 2.96. The summed E-state index contributed by atoms with van der Waals surface area (Å²) >= 11 is 12.4. The second-order valence-electron chi connectivity index (χ2n) is 6.82. The molecule has 0 saturated carbocycles. The summed E-state index contributed by atoms with van der Waals surface area (Å²) in [7, 11) is 2.94. The lowest BCUT2D eigenvalue weighted by Gasteiger charge is -2.26. The number of methoxy groups -OCH3 is 2. The molecule has 1 unspecified atom stereocenters. The molecule has 158 valence electrons. The van der Waals surface area contributed by atoms with Crippen LogP contribution in [0.2, 0.25) is 10.0 Å². The smallest absolute Gasteiger partial charge is 0.295 e. The van der Waals surface area contributed by atoms with E-state index in [0.29, 0.717) is 0 Å². The number of ketones is 1. The van der Waals surface area contributed by atoms with E-state index >= 15 is 0 Å². The predicted molar refractivity (Wildman–Crippen MR) is 115 cm³/mol. The van der Waals surface area contributed by atoms with Gasteiger partial charge in [0.25, 0.3) is 11.7 Å². The van der Waals surface area contributed by atoms with E-state index in [1.54, 1.807) is 0 Å². The number of aliphatic hydroxyl groups is 1. The van der Waals surface area contributed by atoms with E-state index in [1.165, 1.54) is 31.3 Å². The standard InChI is InChI=1S/C22H21Cl2NO5/c1-12-6-4-5-7-14(12)18-17(20(27)22(28)25(18)8-9-29-2)19(26)13-10-15(23)21(30-3)16(24)11-13/h4-7,10-11,18,26H,8-9H2,1-3H3/b19-17+. The maximum atomic E-state index is 12.9. The first-order chi connectivity index (χ1) is 14.3. The van der Waals surface area contributed by atoms with E-state index in [1.807, 2.05) is 31.2 Å². The Bertz CT molecular complexity index is 1010. The Balaban J connectivity index is 2.22. The third kappa shape index (κ3) is 3.90. The molecule has 0 spiro atoms. The molecule has 2 aromatic carbocycles. The van der Waals surface area contributed by atoms with Crippen LogP contribution in [0.4, 0.5) is 0 Å². The van der Waals surface area contributed by atoms with Gasteiger partial charge in [0.2, 0.25) is 0 Å². The number of amides is 1. The minimum absolute atomic E-state index is 0.0253. The Morgan fingerprint density at radius 2 is 1.77 bits per heavy atom. The molecule has 30 heavy (non-hydrogen) atoms. The highest BCUT2D eigenvalue weighted by Crippen LogP contribution is 2.42. The van der Waals surface area contributed by atoms with Crippen LogP contribution in [0.15, 0.2) is 42.0 Å². The van der Waals surface area contributed by atoms with Gasteiger partial charge >= 0.3 is 0 Å². The van der Waals surface area contributed by atoms with Gasteiger partial charge in [-0.15, -0.1) is 0 Å². The average molecular weight is 450 g/mol. The number of benzene rings is 2. The molecule has 3 rings (SSSR count). The van der Waals surface area contributed by atoms with Gasteiger partial charge in [0.05, 0.1) is 35.4 Å². The summed E-state index contributed by atoms with van der Waals surface area (Å²) in [6.45, 7) is 2.32. The first-order valence-corrected chi connectivity index (χ1v) is 9.93. The van der Waals surface area contributed by atoms with Gasteiger partial charge in [0.15, 0.2) is 5.75 Å². The topological polar surface area (TPSA) is 76.1 Å². The van der Waals surface area contributed by atoms with Gasteiger partial charge in [0, 0.05) is 19.2 Å². The van der Waals surface area contributed by atoms with E-state index in [9.17, 15) is 14.7 Å². The Labute approximate surface area is 184 Å². The van der Waals surface area contributed by atoms with E-state index < -0.39 is 17.7 Å². The summed E-state index contributed by atoms with van der Waals surface area (Å²) < 4.78 is 10.2. The molecule has 0 aliphatic carbocycles. The zero-order valence-corrected chi connectivity index (χ0v) is 18.3. The van der Waals surface area contributed by atoms with Crippen molar-refractivity contribution < 1.29 is 24.2 Å². The van der Waals surface area contributed by atoms with Crippen molar-refractivity contribution in [3.8, 4) is 5.75 Å². The van der Waals surface area contributed by atoms with Crippen LogP contribution < -0.4 is 4.74 Å². The van der Waals surface area contributed by atoms with Gasteiger partial charge in [-0.05, 0) is 30.2 Å². The lowest BCUT2D eigenvalue weighted by atomic mass is 9.92. The van der Waals surface area contributed by atoms with Crippen molar-refractivity contribution >= 4 is 40.7 Å². The van der Waals surface area contributed by atoms with Crippen molar-refractivity contribution in [1.29, 1.82) is 0 Å². The van der Waals surface area contributed by atoms with Crippen molar-refractivity contribution in [2.45, 2.75) is 13.0 Å². The molecular formula is C22H21Cl2NO5. The van der Waals surface area contributed by atoms with E-state index in [2.05, 4.69) is 0 Å². The van der Waals surface area contributed by atoms with Gasteiger partial charge in [-0.1, -0.05) is 47.5 Å². The highest BCUT2D eigenvalue weighted by molar-refractivity contribution is 6.46. The second kappa shape index (κ2) is 9.08. The largest absolute Gasteiger partial charge is 0.507 e. The number of hydrogen-bond acceptors (Lipinski definition) is 5. The van der Waals surface area contributed by atoms with Gasteiger partial charge in [0.1, 0.15) is 5.76 Å². The van der Waals surface area contributed by atoms with Crippen molar-refractivity contribution in [3.05, 3.63) is 68.7 Å². The molecule has 0 bridgehead atoms. The molecule has 1 fully saturated rings. The van der Waals surface area contributed by atoms with E-state index in [4.69, 9.17) is 32.7 Å². The van der Waals surface area contributed by atoms with Gasteiger partial charge in [-0.3, -0.25) is 9.59 Å². The van der Waals surface area contributed by atoms with Crippen molar-refractivity contribution in [1.82, 2.24) is 4.90 Å². The van der Waals surface area contributed by atoms with Crippen molar-refractivity contribution in [3.63, 3.8) is 0 Å². The maximum absolute atomic E-state index is 12.9. The first kappa shape index (κ1) is 22.2. The number of carbonyl (C=O) groups excluding carboxylic acids is 2. The maximum Gasteiger partial charge on any atom is 0.295 e. The molecule has 1 saturated heterocycles. The summed E-state index contributed by atoms with van der Waals surface area (Å²) in [5.41, 5.74) is 1.81. The van der Waals surface area contributed by atoms with Gasteiger partial charge in [-0.25, -0.2) is 0 Å². The molecule has 1 aliphatic heterocycles. The van der Waals surface area contributed by atoms with Crippen LogP contribution in [0.1, 0.15) is 22.7 Å². The highest BCUT2D eigenvalue weighted by Gasteiger charge is 2.46. The number of aryl methyl sites for hydroxylation is 1. The molecule has 8 heteroatoms. The summed E-state index contributed by atoms with van der Waals surface area (Å²) in [4.78, 5) is 27.1. The fourth-order valence-corrected chi connectivity index (χ4v) is 4.21. The molecule has 0 aromatic heterocycles. The Hall–Kier alpha value is -2.54. The second-order valence-corrected chi connectivity index (χ2v) is 7.63. The molecule has 1 heterocycles. The minimum Gasteiger partial charge on any atom is -0.507 e. The van der Waals surface area contributed by atoms with Gasteiger partial charge < -0.3 is 19.5 Å². The van der Waals surface area contributed by atoms with Crippen LogP contribution >= 0.6 is 23.2 Å². The third-order valence-electron chi connectivity index (χ3n) is 5.04. The molecule has 1 amide bonds. The number of Topliss-reactive ketones (excluding diaryl/α,β-unsaturated/α-hetero) is 1. The lowest BCUT2D eigenvalue weighted by Crippen LogP contribution is -2.32. The van der Waals surface area contributed by atoms with Crippen LogP contribution in [0.25, 0.3) is 5.76 Å². The van der Waals surface area contributed by atoms with Crippen LogP contribution in [0, 0.1) is 6.92 Å². The summed E-state index contributed by atoms with van der Waals surface area (Å²) in [6.07, 6.45) is 0. The normalized spacial score (nSPS) is 18.2.